The summed E-state index contributed by atoms with van der Waals surface area (Å²) in [5, 5.41) is 0. The second-order valence-corrected chi connectivity index (χ2v) is 3.70. The summed E-state index contributed by atoms with van der Waals surface area (Å²) in [7, 11) is 0. The molecule has 0 saturated heterocycles. The molecule has 0 spiro atoms. The molecule has 11 heavy (non-hydrogen) atoms. The van der Waals surface area contributed by atoms with Gasteiger partial charge in [0.1, 0.15) is 5.78 Å². The summed E-state index contributed by atoms with van der Waals surface area (Å²) >= 11 is 0. The second-order valence-electron chi connectivity index (χ2n) is 3.70. The summed E-state index contributed by atoms with van der Waals surface area (Å²) in [6, 6.07) is 0. The number of Topliss-reactive ketones (excluding diaryl/α,β-unsaturated/α-hetero) is 1. The highest BCUT2D eigenvalue weighted by molar-refractivity contribution is 5.82. The van der Waals surface area contributed by atoms with E-state index in [1.54, 1.807) is 0 Å². The largest absolute Gasteiger partial charge is 0.299 e. The number of carbonyl (C=O) groups is 1. The molecule has 0 aromatic rings. The van der Waals surface area contributed by atoms with Crippen LogP contribution in [0.1, 0.15) is 46.0 Å². The number of unbranched alkanes of at least 4 members (excludes halogenated alkanes) is 1. The maximum Gasteiger partial charge on any atom is 0.135 e. The molecule has 2 atom stereocenters. The summed E-state index contributed by atoms with van der Waals surface area (Å²) in [5.74, 6) is 1.56. The molecule has 1 heteroatoms. The van der Waals surface area contributed by atoms with Gasteiger partial charge < -0.3 is 0 Å². The molecule has 0 radical (unpaired) electrons. The first-order chi connectivity index (χ1) is 5.25. The molecule has 0 amide bonds. The van der Waals surface area contributed by atoms with Gasteiger partial charge in [0.05, 0.1) is 0 Å². The molecule has 1 rings (SSSR count). The fraction of sp³-hybridized carbons (Fsp3) is 0.900. The SMILES string of the molecule is CCCC[C@H]1CCC(=O)[C@@H]1C. The minimum Gasteiger partial charge on any atom is -0.299 e. The third-order valence-electron chi connectivity index (χ3n) is 2.90. The van der Waals surface area contributed by atoms with E-state index < -0.39 is 0 Å². The molecular formula is C10H18O. The number of carbonyl (C=O) groups excluding carboxylic acids is 1. The third-order valence-corrected chi connectivity index (χ3v) is 2.90. The van der Waals surface area contributed by atoms with E-state index >= 15 is 0 Å². The van der Waals surface area contributed by atoms with Crippen LogP contribution in [0.15, 0.2) is 0 Å². The number of ketones is 1. The predicted molar refractivity (Wildman–Crippen MR) is 46.4 cm³/mol. The van der Waals surface area contributed by atoms with E-state index in [1.807, 2.05) is 0 Å². The second kappa shape index (κ2) is 3.89. The van der Waals surface area contributed by atoms with Crippen LogP contribution in [0.3, 0.4) is 0 Å². The minimum atomic E-state index is 0.363. The van der Waals surface area contributed by atoms with E-state index in [0.717, 1.165) is 12.8 Å². The lowest BCUT2D eigenvalue weighted by atomic mass is 9.92. The van der Waals surface area contributed by atoms with Gasteiger partial charge in [-0.1, -0.05) is 26.7 Å². The van der Waals surface area contributed by atoms with Gasteiger partial charge in [-0.05, 0) is 18.8 Å². The lowest BCUT2D eigenvalue weighted by Gasteiger charge is -2.12. The Morgan fingerprint density at radius 1 is 1.55 bits per heavy atom. The molecule has 0 aromatic heterocycles. The lowest BCUT2D eigenvalue weighted by molar-refractivity contribution is -0.120. The fourth-order valence-corrected chi connectivity index (χ4v) is 1.93. The molecule has 1 saturated carbocycles. The van der Waals surface area contributed by atoms with Crippen LogP contribution in [0.5, 0.6) is 0 Å². The molecule has 0 N–H and O–H groups in total. The van der Waals surface area contributed by atoms with Crippen molar-refractivity contribution in [2.24, 2.45) is 11.8 Å². The van der Waals surface area contributed by atoms with Crippen LogP contribution >= 0.6 is 0 Å². The number of hydrogen-bond donors (Lipinski definition) is 0. The van der Waals surface area contributed by atoms with Crippen molar-refractivity contribution < 1.29 is 4.79 Å². The van der Waals surface area contributed by atoms with Crippen molar-refractivity contribution in [1.29, 1.82) is 0 Å². The van der Waals surface area contributed by atoms with Crippen LogP contribution in [0.2, 0.25) is 0 Å². The highest BCUT2D eigenvalue weighted by Crippen LogP contribution is 2.31. The van der Waals surface area contributed by atoms with Gasteiger partial charge in [0.25, 0.3) is 0 Å². The van der Waals surface area contributed by atoms with E-state index in [2.05, 4.69) is 13.8 Å². The zero-order valence-electron chi connectivity index (χ0n) is 7.60. The van der Waals surface area contributed by atoms with E-state index in [0.29, 0.717) is 17.6 Å². The third kappa shape index (κ3) is 2.05. The molecule has 1 aliphatic carbocycles. The summed E-state index contributed by atoms with van der Waals surface area (Å²) in [6.07, 6.45) is 5.82. The van der Waals surface area contributed by atoms with Crippen molar-refractivity contribution >= 4 is 5.78 Å². The van der Waals surface area contributed by atoms with Crippen molar-refractivity contribution in [3.63, 3.8) is 0 Å². The smallest absolute Gasteiger partial charge is 0.135 e. The van der Waals surface area contributed by atoms with Crippen LogP contribution in [-0.2, 0) is 4.79 Å². The molecule has 1 nitrogen and oxygen atoms in total. The van der Waals surface area contributed by atoms with Gasteiger partial charge in [0.15, 0.2) is 0 Å². The van der Waals surface area contributed by atoms with E-state index in [1.165, 1.54) is 19.3 Å². The molecule has 0 bridgehead atoms. The van der Waals surface area contributed by atoms with Crippen molar-refractivity contribution in [3.05, 3.63) is 0 Å². The monoisotopic (exact) mass is 154 g/mol. The normalized spacial score (nSPS) is 31.3. The Kier molecular flexibility index (Phi) is 3.10. The van der Waals surface area contributed by atoms with Crippen LogP contribution < -0.4 is 0 Å². The highest BCUT2D eigenvalue weighted by atomic mass is 16.1. The van der Waals surface area contributed by atoms with E-state index in [9.17, 15) is 4.79 Å². The topological polar surface area (TPSA) is 17.1 Å². The van der Waals surface area contributed by atoms with Crippen LogP contribution in [0, 0.1) is 11.8 Å². The fourth-order valence-electron chi connectivity index (χ4n) is 1.93. The molecule has 0 aromatic carbocycles. The summed E-state index contributed by atoms with van der Waals surface area (Å²) in [6.45, 7) is 4.30. The first kappa shape index (κ1) is 8.76. The Balaban J connectivity index is 2.30. The van der Waals surface area contributed by atoms with Crippen molar-refractivity contribution in [1.82, 2.24) is 0 Å². The van der Waals surface area contributed by atoms with Gasteiger partial charge in [0, 0.05) is 12.3 Å². The van der Waals surface area contributed by atoms with Crippen LogP contribution in [0.4, 0.5) is 0 Å². The van der Waals surface area contributed by atoms with Gasteiger partial charge in [-0.2, -0.15) is 0 Å². The van der Waals surface area contributed by atoms with Crippen molar-refractivity contribution in [3.8, 4) is 0 Å². The first-order valence-corrected chi connectivity index (χ1v) is 4.78. The minimum absolute atomic E-state index is 0.363. The van der Waals surface area contributed by atoms with Gasteiger partial charge in [0.2, 0.25) is 0 Å². The van der Waals surface area contributed by atoms with E-state index in [-0.39, 0.29) is 0 Å². The number of hydrogen-bond acceptors (Lipinski definition) is 1. The highest BCUT2D eigenvalue weighted by Gasteiger charge is 2.29. The molecule has 0 aliphatic heterocycles. The van der Waals surface area contributed by atoms with Gasteiger partial charge in [-0.15, -0.1) is 0 Å². The number of rotatable bonds is 3. The summed E-state index contributed by atoms with van der Waals surface area (Å²) < 4.78 is 0. The Bertz CT molecular complexity index is 140. The van der Waals surface area contributed by atoms with Gasteiger partial charge in [-0.3, -0.25) is 4.79 Å². The molecule has 0 unspecified atom stereocenters. The maximum absolute atomic E-state index is 11.1. The van der Waals surface area contributed by atoms with Crippen molar-refractivity contribution in [2.75, 3.05) is 0 Å². The molecule has 0 heterocycles. The summed E-state index contributed by atoms with van der Waals surface area (Å²) in [4.78, 5) is 11.1. The molecular weight excluding hydrogens is 136 g/mol. The van der Waals surface area contributed by atoms with E-state index in [4.69, 9.17) is 0 Å². The molecule has 64 valence electrons. The van der Waals surface area contributed by atoms with Crippen molar-refractivity contribution in [2.45, 2.75) is 46.0 Å². The average Bonchev–Trinajstić information content (AvgIpc) is 2.31. The predicted octanol–water partition coefficient (Wildman–Crippen LogP) is 2.79. The average molecular weight is 154 g/mol. The van der Waals surface area contributed by atoms with Gasteiger partial charge in [-0.25, -0.2) is 0 Å². The lowest BCUT2D eigenvalue weighted by Crippen LogP contribution is -2.09. The molecule has 1 aliphatic rings. The first-order valence-electron chi connectivity index (χ1n) is 4.78. The quantitative estimate of drug-likeness (QED) is 0.611. The standard InChI is InChI=1S/C10H18O/c1-3-4-5-9-6-7-10(11)8(9)2/h8-9H,3-7H2,1-2H3/t8-,9+/m1/s1. The summed E-state index contributed by atoms with van der Waals surface area (Å²) in [5.41, 5.74) is 0. The Morgan fingerprint density at radius 3 is 2.73 bits per heavy atom. The Labute approximate surface area is 69.2 Å². The zero-order chi connectivity index (χ0) is 8.27. The molecule has 1 fully saturated rings. The van der Waals surface area contributed by atoms with Crippen LogP contribution in [0.25, 0.3) is 0 Å². The Morgan fingerprint density at radius 2 is 2.27 bits per heavy atom. The van der Waals surface area contributed by atoms with Crippen LogP contribution in [-0.4, -0.2) is 5.78 Å². The van der Waals surface area contributed by atoms with Gasteiger partial charge >= 0.3 is 0 Å². The Hall–Kier alpha value is -0.330. The maximum atomic E-state index is 11.1. The zero-order valence-corrected chi connectivity index (χ0v) is 7.60.